The van der Waals surface area contributed by atoms with E-state index in [1.165, 1.54) is 12.8 Å². The highest BCUT2D eigenvalue weighted by atomic mass is 16.5. The molecule has 112 valence electrons. The van der Waals surface area contributed by atoms with Crippen LogP contribution in [-0.2, 0) is 6.54 Å². The lowest BCUT2D eigenvalue weighted by atomic mass is 10.1. The van der Waals surface area contributed by atoms with Gasteiger partial charge in [-0.15, -0.1) is 0 Å². The number of nitrogens with one attached hydrogen (secondary N) is 1. The van der Waals surface area contributed by atoms with E-state index in [1.807, 2.05) is 25.2 Å². The highest BCUT2D eigenvalue weighted by molar-refractivity contribution is 5.58. The molecule has 1 saturated heterocycles. The largest absolute Gasteiger partial charge is 0.338 e. The van der Waals surface area contributed by atoms with Gasteiger partial charge in [-0.25, -0.2) is 0 Å². The Morgan fingerprint density at radius 2 is 2.24 bits per heavy atom. The summed E-state index contributed by atoms with van der Waals surface area (Å²) in [6, 6.07) is 8.68. The van der Waals surface area contributed by atoms with E-state index in [1.54, 1.807) is 0 Å². The fourth-order valence-corrected chi connectivity index (χ4v) is 2.88. The summed E-state index contributed by atoms with van der Waals surface area (Å²) in [7, 11) is 2.02. The maximum Gasteiger partial charge on any atom is 0.241 e. The molecular formula is C16H22N4O. The summed E-state index contributed by atoms with van der Waals surface area (Å²) in [5.74, 6) is 1.38. The predicted octanol–water partition coefficient (Wildman–Crippen LogP) is 2.23. The van der Waals surface area contributed by atoms with Gasteiger partial charge in [0.2, 0.25) is 11.7 Å². The van der Waals surface area contributed by atoms with E-state index in [-0.39, 0.29) is 0 Å². The summed E-state index contributed by atoms with van der Waals surface area (Å²) in [4.78, 5) is 6.92. The molecule has 5 heteroatoms. The number of benzene rings is 1. The molecule has 1 aliphatic rings. The number of nitrogens with zero attached hydrogens (tertiary/aromatic N) is 3. The maximum absolute atomic E-state index is 5.42. The van der Waals surface area contributed by atoms with Crippen LogP contribution in [0.4, 0.5) is 0 Å². The lowest BCUT2D eigenvalue weighted by molar-refractivity contribution is 0.167. The standard InChI is InChI=1S/C16H22N4O/c1-12-6-3-4-8-14(12)16-18-15(21-19-16)11-20-9-5-7-13(10-20)17-2/h3-4,6,8,13,17H,5,7,9-11H2,1-2H3. The Labute approximate surface area is 125 Å². The Kier molecular flexibility index (Phi) is 4.31. The monoisotopic (exact) mass is 286 g/mol. The number of hydrogen-bond donors (Lipinski definition) is 1. The van der Waals surface area contributed by atoms with Crippen molar-refractivity contribution in [3.8, 4) is 11.4 Å². The van der Waals surface area contributed by atoms with Crippen LogP contribution in [-0.4, -0.2) is 41.2 Å². The number of piperidine rings is 1. The summed E-state index contributed by atoms with van der Waals surface area (Å²) in [5, 5.41) is 7.47. The number of aromatic nitrogens is 2. The molecule has 1 aromatic heterocycles. The zero-order valence-corrected chi connectivity index (χ0v) is 12.7. The maximum atomic E-state index is 5.42. The van der Waals surface area contributed by atoms with Crippen LogP contribution in [0, 0.1) is 6.92 Å². The van der Waals surface area contributed by atoms with Gasteiger partial charge >= 0.3 is 0 Å². The smallest absolute Gasteiger partial charge is 0.241 e. The Hall–Kier alpha value is -1.72. The summed E-state index contributed by atoms with van der Waals surface area (Å²) in [6.45, 7) is 4.93. The molecule has 1 aliphatic heterocycles. The van der Waals surface area contributed by atoms with Crippen molar-refractivity contribution in [2.45, 2.75) is 32.4 Å². The Bertz CT molecular complexity index is 595. The average molecular weight is 286 g/mol. The molecule has 0 radical (unpaired) electrons. The average Bonchev–Trinajstić information content (AvgIpc) is 2.96. The predicted molar refractivity (Wildman–Crippen MR) is 81.8 cm³/mol. The van der Waals surface area contributed by atoms with Crippen molar-refractivity contribution >= 4 is 0 Å². The van der Waals surface area contributed by atoms with E-state index < -0.39 is 0 Å². The van der Waals surface area contributed by atoms with E-state index in [4.69, 9.17) is 4.52 Å². The van der Waals surface area contributed by atoms with Crippen molar-refractivity contribution in [2.24, 2.45) is 0 Å². The van der Waals surface area contributed by atoms with Crippen LogP contribution in [0.1, 0.15) is 24.3 Å². The van der Waals surface area contributed by atoms with Crippen molar-refractivity contribution in [3.63, 3.8) is 0 Å². The lowest BCUT2D eigenvalue weighted by Gasteiger charge is -2.31. The Morgan fingerprint density at radius 3 is 3.05 bits per heavy atom. The number of likely N-dealkylation sites (N-methyl/N-ethyl adjacent to an activating group) is 1. The molecule has 1 fully saturated rings. The molecule has 1 aromatic carbocycles. The van der Waals surface area contributed by atoms with Gasteiger partial charge in [0.05, 0.1) is 6.54 Å². The molecule has 0 amide bonds. The molecule has 1 unspecified atom stereocenters. The molecule has 1 N–H and O–H groups in total. The van der Waals surface area contributed by atoms with E-state index in [2.05, 4.69) is 33.3 Å². The van der Waals surface area contributed by atoms with Crippen molar-refractivity contribution in [2.75, 3.05) is 20.1 Å². The first-order valence-corrected chi connectivity index (χ1v) is 7.54. The molecule has 0 bridgehead atoms. The van der Waals surface area contributed by atoms with Crippen LogP contribution in [0.25, 0.3) is 11.4 Å². The summed E-state index contributed by atoms with van der Waals surface area (Å²) < 4.78 is 5.42. The third-order valence-electron chi connectivity index (χ3n) is 4.13. The summed E-state index contributed by atoms with van der Waals surface area (Å²) in [5.41, 5.74) is 2.21. The van der Waals surface area contributed by atoms with Gasteiger partial charge in [-0.3, -0.25) is 4.90 Å². The van der Waals surface area contributed by atoms with Gasteiger partial charge in [0, 0.05) is 18.2 Å². The molecule has 5 nitrogen and oxygen atoms in total. The molecular weight excluding hydrogens is 264 g/mol. The Balaban J connectivity index is 1.69. The van der Waals surface area contributed by atoms with Crippen LogP contribution in [0.15, 0.2) is 28.8 Å². The van der Waals surface area contributed by atoms with E-state index >= 15 is 0 Å². The Morgan fingerprint density at radius 1 is 1.38 bits per heavy atom. The van der Waals surface area contributed by atoms with Gasteiger partial charge < -0.3 is 9.84 Å². The second-order valence-corrected chi connectivity index (χ2v) is 5.69. The van der Waals surface area contributed by atoms with Gasteiger partial charge in [0.25, 0.3) is 0 Å². The molecule has 0 saturated carbocycles. The minimum absolute atomic E-state index is 0.567. The SMILES string of the molecule is CNC1CCCN(Cc2nc(-c3ccccc3C)no2)C1. The van der Waals surface area contributed by atoms with Crippen LogP contribution in [0.5, 0.6) is 0 Å². The summed E-state index contributed by atoms with van der Waals surface area (Å²) >= 11 is 0. The first-order valence-electron chi connectivity index (χ1n) is 7.54. The first-order chi connectivity index (χ1) is 10.3. The lowest BCUT2D eigenvalue weighted by Crippen LogP contribution is -2.43. The van der Waals surface area contributed by atoms with Crippen LogP contribution in [0.3, 0.4) is 0 Å². The van der Waals surface area contributed by atoms with E-state index in [9.17, 15) is 0 Å². The van der Waals surface area contributed by atoms with Crippen molar-refractivity contribution in [3.05, 3.63) is 35.7 Å². The zero-order chi connectivity index (χ0) is 14.7. The number of aryl methyl sites for hydroxylation is 1. The van der Waals surface area contributed by atoms with Gasteiger partial charge in [-0.2, -0.15) is 4.98 Å². The van der Waals surface area contributed by atoms with Gasteiger partial charge in [0.1, 0.15) is 0 Å². The van der Waals surface area contributed by atoms with E-state index in [0.29, 0.717) is 17.8 Å². The second-order valence-electron chi connectivity index (χ2n) is 5.69. The first kappa shape index (κ1) is 14.2. The van der Waals surface area contributed by atoms with Crippen LogP contribution in [0.2, 0.25) is 0 Å². The molecule has 3 rings (SSSR count). The summed E-state index contributed by atoms with van der Waals surface area (Å²) in [6.07, 6.45) is 2.45. The minimum Gasteiger partial charge on any atom is -0.338 e. The van der Waals surface area contributed by atoms with Crippen molar-refractivity contribution in [1.29, 1.82) is 0 Å². The van der Waals surface area contributed by atoms with Gasteiger partial charge in [-0.05, 0) is 38.9 Å². The quantitative estimate of drug-likeness (QED) is 0.934. The van der Waals surface area contributed by atoms with Crippen molar-refractivity contribution in [1.82, 2.24) is 20.4 Å². The van der Waals surface area contributed by atoms with Crippen molar-refractivity contribution < 1.29 is 4.52 Å². The van der Waals surface area contributed by atoms with Gasteiger partial charge in [-0.1, -0.05) is 29.4 Å². The van der Waals surface area contributed by atoms with Crippen LogP contribution < -0.4 is 5.32 Å². The molecule has 21 heavy (non-hydrogen) atoms. The zero-order valence-electron chi connectivity index (χ0n) is 12.7. The normalized spacial score (nSPS) is 19.8. The highest BCUT2D eigenvalue weighted by Crippen LogP contribution is 2.20. The fourth-order valence-electron chi connectivity index (χ4n) is 2.88. The molecule has 1 atom stereocenters. The molecule has 2 heterocycles. The number of rotatable bonds is 4. The topological polar surface area (TPSA) is 54.2 Å². The fraction of sp³-hybridized carbons (Fsp3) is 0.500. The third-order valence-corrected chi connectivity index (χ3v) is 4.13. The minimum atomic E-state index is 0.567. The highest BCUT2D eigenvalue weighted by Gasteiger charge is 2.20. The van der Waals surface area contributed by atoms with E-state index in [0.717, 1.165) is 30.8 Å². The van der Waals surface area contributed by atoms with Crippen LogP contribution >= 0.6 is 0 Å². The second kappa shape index (κ2) is 6.37. The molecule has 0 aliphatic carbocycles. The molecule has 0 spiro atoms. The molecule has 2 aromatic rings. The third kappa shape index (κ3) is 3.31. The van der Waals surface area contributed by atoms with Gasteiger partial charge in [0.15, 0.2) is 0 Å². The number of hydrogen-bond acceptors (Lipinski definition) is 5. The number of likely N-dealkylation sites (tertiary alicyclic amines) is 1.